The van der Waals surface area contributed by atoms with Gasteiger partial charge in [-0.05, 0) is 24.3 Å². The van der Waals surface area contributed by atoms with E-state index in [1.165, 1.54) is 12.1 Å². The Morgan fingerprint density at radius 3 is 2.50 bits per heavy atom. The maximum atomic E-state index is 13.4. The molecule has 0 aliphatic heterocycles. The van der Waals surface area contributed by atoms with Gasteiger partial charge in [-0.2, -0.15) is 0 Å². The number of nitrogens with one attached hydrogen (secondary N) is 1. The zero-order chi connectivity index (χ0) is 14.1. The minimum absolute atomic E-state index is 0.0412. The molecule has 5 heteroatoms. The topological polar surface area (TPSA) is 37.8 Å². The molecule has 0 bridgehead atoms. The van der Waals surface area contributed by atoms with E-state index < -0.39 is 5.56 Å². The van der Waals surface area contributed by atoms with Crippen molar-refractivity contribution < 1.29 is 4.39 Å². The summed E-state index contributed by atoms with van der Waals surface area (Å²) in [6.45, 7) is 0. The van der Waals surface area contributed by atoms with Gasteiger partial charge in [0, 0.05) is 5.56 Å². The van der Waals surface area contributed by atoms with E-state index in [4.69, 9.17) is 11.6 Å². The van der Waals surface area contributed by atoms with E-state index >= 15 is 0 Å². The van der Waals surface area contributed by atoms with E-state index in [2.05, 4.69) is 5.10 Å². The van der Waals surface area contributed by atoms with Crippen molar-refractivity contribution in [1.82, 2.24) is 9.78 Å². The van der Waals surface area contributed by atoms with Crippen LogP contribution >= 0.6 is 11.6 Å². The van der Waals surface area contributed by atoms with Crippen LogP contribution in [0.2, 0.25) is 5.02 Å². The molecule has 0 spiro atoms. The maximum Gasteiger partial charge on any atom is 0.283 e. The molecule has 0 saturated carbocycles. The van der Waals surface area contributed by atoms with E-state index in [0.29, 0.717) is 11.3 Å². The van der Waals surface area contributed by atoms with Crippen molar-refractivity contribution in [2.75, 3.05) is 0 Å². The fourth-order valence-corrected chi connectivity index (χ4v) is 2.31. The Morgan fingerprint density at radius 2 is 1.80 bits per heavy atom. The summed E-state index contributed by atoms with van der Waals surface area (Å²) < 4.78 is 14.9. The van der Waals surface area contributed by atoms with Crippen LogP contribution in [0, 0.1) is 5.82 Å². The van der Waals surface area contributed by atoms with E-state index in [-0.39, 0.29) is 10.8 Å². The maximum absolute atomic E-state index is 13.4. The van der Waals surface area contributed by atoms with Gasteiger partial charge < -0.3 is 0 Å². The highest BCUT2D eigenvalue weighted by atomic mass is 35.5. The summed E-state index contributed by atoms with van der Waals surface area (Å²) in [5, 5.41) is 2.70. The van der Waals surface area contributed by atoms with Gasteiger partial charge in [0.15, 0.2) is 0 Å². The molecule has 1 N–H and O–H groups in total. The van der Waals surface area contributed by atoms with Crippen molar-refractivity contribution in [1.29, 1.82) is 0 Å². The highest BCUT2D eigenvalue weighted by Crippen LogP contribution is 2.27. The summed E-state index contributed by atoms with van der Waals surface area (Å²) in [6, 6.07) is 15.2. The summed E-state index contributed by atoms with van der Waals surface area (Å²) >= 11 is 6.06. The molecule has 0 fully saturated rings. The molecular formula is C15H10ClFN2O. The highest BCUT2D eigenvalue weighted by Gasteiger charge is 2.16. The van der Waals surface area contributed by atoms with Crippen LogP contribution in [0.25, 0.3) is 16.9 Å². The van der Waals surface area contributed by atoms with Crippen molar-refractivity contribution in [2.24, 2.45) is 0 Å². The van der Waals surface area contributed by atoms with Crippen LogP contribution in [0.3, 0.4) is 0 Å². The normalized spacial score (nSPS) is 10.7. The van der Waals surface area contributed by atoms with Gasteiger partial charge >= 0.3 is 0 Å². The SMILES string of the molecule is O=c1[nH]n(-c2ccccc2)c(-c2cccc(F)c2)c1Cl. The Morgan fingerprint density at radius 1 is 1.05 bits per heavy atom. The van der Waals surface area contributed by atoms with Crippen LogP contribution < -0.4 is 5.56 Å². The Bertz CT molecular complexity index is 808. The Balaban J connectivity index is 2.28. The van der Waals surface area contributed by atoms with E-state index in [0.717, 1.165) is 5.69 Å². The van der Waals surface area contributed by atoms with Crippen LogP contribution in [0.15, 0.2) is 59.4 Å². The molecule has 3 rings (SSSR count). The summed E-state index contributed by atoms with van der Waals surface area (Å²) in [6.07, 6.45) is 0. The lowest BCUT2D eigenvalue weighted by Gasteiger charge is -2.08. The lowest BCUT2D eigenvalue weighted by molar-refractivity contribution is 0.628. The van der Waals surface area contributed by atoms with Crippen LogP contribution in [0.1, 0.15) is 0 Å². The van der Waals surface area contributed by atoms with Gasteiger partial charge in [-0.1, -0.05) is 41.9 Å². The molecule has 3 aromatic rings. The van der Waals surface area contributed by atoms with Crippen molar-refractivity contribution in [3.63, 3.8) is 0 Å². The predicted molar refractivity (Wildman–Crippen MR) is 76.8 cm³/mol. The zero-order valence-corrected chi connectivity index (χ0v) is 11.1. The van der Waals surface area contributed by atoms with Crippen molar-refractivity contribution in [2.45, 2.75) is 0 Å². The Labute approximate surface area is 119 Å². The summed E-state index contributed by atoms with van der Waals surface area (Å²) in [5.41, 5.74) is 1.32. The van der Waals surface area contributed by atoms with Crippen LogP contribution in [0.5, 0.6) is 0 Å². The molecule has 0 amide bonds. The van der Waals surface area contributed by atoms with Gasteiger partial charge in [-0.25, -0.2) is 4.39 Å². The summed E-state index contributed by atoms with van der Waals surface area (Å²) in [7, 11) is 0. The third kappa shape index (κ3) is 2.14. The highest BCUT2D eigenvalue weighted by molar-refractivity contribution is 6.33. The lowest BCUT2D eigenvalue weighted by atomic mass is 10.1. The number of H-pyrrole nitrogens is 1. The fourth-order valence-electron chi connectivity index (χ4n) is 2.07. The standard InChI is InChI=1S/C15H10ClFN2O/c16-13-14(10-5-4-6-11(17)9-10)19(18-15(13)20)12-7-2-1-3-8-12/h1-9H,(H,18,20). The van der Waals surface area contributed by atoms with E-state index in [9.17, 15) is 9.18 Å². The molecule has 1 heterocycles. The van der Waals surface area contributed by atoms with Crippen LogP contribution in [0.4, 0.5) is 4.39 Å². The van der Waals surface area contributed by atoms with Crippen LogP contribution in [-0.2, 0) is 0 Å². The third-order valence-electron chi connectivity index (χ3n) is 2.96. The summed E-state index contributed by atoms with van der Waals surface area (Å²) in [4.78, 5) is 11.8. The molecule has 0 aliphatic carbocycles. The molecule has 0 aliphatic rings. The smallest absolute Gasteiger partial charge is 0.266 e. The molecule has 0 unspecified atom stereocenters. The summed E-state index contributed by atoms with van der Waals surface area (Å²) in [5.74, 6) is -0.383. The Hall–Kier alpha value is -2.33. The number of hydrogen-bond donors (Lipinski definition) is 1. The average molecular weight is 289 g/mol. The number of aromatic amines is 1. The molecule has 100 valence electrons. The number of hydrogen-bond acceptors (Lipinski definition) is 1. The first-order valence-electron chi connectivity index (χ1n) is 5.98. The minimum atomic E-state index is -0.408. The second-order valence-electron chi connectivity index (χ2n) is 4.28. The Kier molecular flexibility index (Phi) is 3.16. The number of nitrogens with zero attached hydrogens (tertiary/aromatic N) is 1. The molecule has 0 saturated heterocycles. The first-order chi connectivity index (χ1) is 9.66. The van der Waals surface area contributed by atoms with Crippen molar-refractivity contribution >= 4 is 11.6 Å². The number of para-hydroxylation sites is 1. The molecule has 0 atom stereocenters. The van der Waals surface area contributed by atoms with E-state index in [1.807, 2.05) is 30.3 Å². The van der Waals surface area contributed by atoms with Gasteiger partial charge in [-0.3, -0.25) is 14.6 Å². The fraction of sp³-hybridized carbons (Fsp3) is 0. The number of aromatic nitrogens is 2. The second-order valence-corrected chi connectivity index (χ2v) is 4.66. The zero-order valence-electron chi connectivity index (χ0n) is 10.3. The quantitative estimate of drug-likeness (QED) is 0.768. The van der Waals surface area contributed by atoms with Gasteiger partial charge in [0.25, 0.3) is 5.56 Å². The average Bonchev–Trinajstić information content (AvgIpc) is 2.76. The van der Waals surface area contributed by atoms with Crippen molar-refractivity contribution in [3.05, 3.63) is 75.8 Å². The molecular weight excluding hydrogens is 279 g/mol. The van der Waals surface area contributed by atoms with Gasteiger partial charge in [0.2, 0.25) is 0 Å². The van der Waals surface area contributed by atoms with Gasteiger partial charge in [0.1, 0.15) is 10.8 Å². The predicted octanol–water partition coefficient (Wildman–Crippen LogP) is 3.63. The molecule has 20 heavy (non-hydrogen) atoms. The lowest BCUT2D eigenvalue weighted by Crippen LogP contribution is -2.04. The molecule has 2 aromatic carbocycles. The number of halogens is 2. The van der Waals surface area contributed by atoms with Crippen LogP contribution in [-0.4, -0.2) is 9.78 Å². The van der Waals surface area contributed by atoms with E-state index in [1.54, 1.807) is 16.8 Å². The van der Waals surface area contributed by atoms with Crippen molar-refractivity contribution in [3.8, 4) is 16.9 Å². The molecule has 3 nitrogen and oxygen atoms in total. The number of benzene rings is 2. The van der Waals surface area contributed by atoms with Gasteiger partial charge in [-0.15, -0.1) is 0 Å². The monoisotopic (exact) mass is 288 g/mol. The second kappa shape index (κ2) is 4.98. The van der Waals surface area contributed by atoms with Gasteiger partial charge in [0.05, 0.1) is 11.4 Å². The minimum Gasteiger partial charge on any atom is -0.266 e. The number of rotatable bonds is 2. The third-order valence-corrected chi connectivity index (χ3v) is 3.31. The molecule has 0 radical (unpaired) electrons. The first-order valence-corrected chi connectivity index (χ1v) is 6.36. The molecule has 1 aromatic heterocycles. The first kappa shape index (κ1) is 12.7. The largest absolute Gasteiger partial charge is 0.283 e.